The molecule has 0 aliphatic heterocycles. The number of methoxy groups -OCH3 is 1. The van der Waals surface area contributed by atoms with Gasteiger partial charge in [0.2, 0.25) is 0 Å². The molecule has 5 rings (SSSR count). The maximum Gasteiger partial charge on any atom is 0.308 e. The zero-order valence-corrected chi connectivity index (χ0v) is 18.4. The fourth-order valence-electron chi connectivity index (χ4n) is 5.02. The predicted octanol–water partition coefficient (Wildman–Crippen LogP) is 6.29. The number of benzene rings is 4. The maximum absolute atomic E-state index is 11.5. The van der Waals surface area contributed by atoms with Gasteiger partial charge in [-0.1, -0.05) is 72.8 Å². The predicted molar refractivity (Wildman–Crippen MR) is 126 cm³/mol. The first kappa shape index (κ1) is 20.1. The van der Waals surface area contributed by atoms with Crippen molar-refractivity contribution < 1.29 is 14.3 Å². The summed E-state index contributed by atoms with van der Waals surface area (Å²) >= 11 is 0. The van der Waals surface area contributed by atoms with E-state index in [0.29, 0.717) is 5.75 Å². The third-order valence-corrected chi connectivity index (χ3v) is 6.34. The van der Waals surface area contributed by atoms with Crippen molar-refractivity contribution in [3.63, 3.8) is 0 Å². The van der Waals surface area contributed by atoms with E-state index >= 15 is 0 Å². The lowest BCUT2D eigenvalue weighted by Gasteiger charge is -2.34. The van der Waals surface area contributed by atoms with Crippen molar-refractivity contribution in [2.24, 2.45) is 0 Å². The quantitative estimate of drug-likeness (QED) is 0.253. The van der Waals surface area contributed by atoms with E-state index in [2.05, 4.69) is 72.8 Å². The third kappa shape index (κ3) is 2.93. The average molecular weight is 421 g/mol. The van der Waals surface area contributed by atoms with E-state index in [0.717, 1.165) is 22.4 Å². The molecule has 0 N–H and O–H groups in total. The molecule has 4 aromatic rings. The molecule has 32 heavy (non-hydrogen) atoms. The van der Waals surface area contributed by atoms with Gasteiger partial charge in [0.25, 0.3) is 0 Å². The number of ether oxygens (including phenoxy) is 2. The Morgan fingerprint density at radius 1 is 0.750 bits per heavy atom. The summed E-state index contributed by atoms with van der Waals surface area (Å²) in [6.45, 7) is 3.41. The fourth-order valence-corrected chi connectivity index (χ4v) is 5.02. The second kappa shape index (κ2) is 7.69. The normalized spacial score (nSPS) is 13.2. The number of carbonyl (C=O) groups excluding carboxylic acids is 1. The summed E-state index contributed by atoms with van der Waals surface area (Å²) in [5, 5.41) is 0. The molecule has 0 amide bonds. The van der Waals surface area contributed by atoms with Gasteiger partial charge in [-0.25, -0.2) is 0 Å². The first-order valence-electron chi connectivity index (χ1n) is 10.7. The van der Waals surface area contributed by atoms with Crippen molar-refractivity contribution in [2.45, 2.75) is 19.3 Å². The van der Waals surface area contributed by atoms with E-state index in [1.807, 2.05) is 25.1 Å². The Morgan fingerprint density at radius 3 is 1.84 bits per heavy atom. The molecule has 158 valence electrons. The van der Waals surface area contributed by atoms with Gasteiger partial charge in [0, 0.05) is 6.92 Å². The lowest BCUT2D eigenvalue weighted by Crippen LogP contribution is -2.28. The van der Waals surface area contributed by atoms with Gasteiger partial charge >= 0.3 is 5.97 Å². The molecule has 0 fully saturated rings. The van der Waals surface area contributed by atoms with Crippen LogP contribution in [0, 0.1) is 6.92 Å². The van der Waals surface area contributed by atoms with E-state index in [1.165, 1.54) is 29.2 Å². The molecular weight excluding hydrogens is 396 g/mol. The van der Waals surface area contributed by atoms with Gasteiger partial charge in [-0.3, -0.25) is 4.79 Å². The number of rotatable bonds is 4. The molecule has 0 aromatic heterocycles. The molecule has 0 unspecified atom stereocenters. The monoisotopic (exact) mass is 420 g/mol. The van der Waals surface area contributed by atoms with Gasteiger partial charge < -0.3 is 9.47 Å². The van der Waals surface area contributed by atoms with Crippen LogP contribution in [0.3, 0.4) is 0 Å². The smallest absolute Gasteiger partial charge is 0.308 e. The van der Waals surface area contributed by atoms with Crippen LogP contribution in [0.15, 0.2) is 91.0 Å². The molecule has 1 aliphatic rings. The average Bonchev–Trinajstić information content (AvgIpc) is 3.12. The van der Waals surface area contributed by atoms with Gasteiger partial charge in [-0.2, -0.15) is 0 Å². The molecular formula is C29H24O3. The van der Waals surface area contributed by atoms with E-state index in [-0.39, 0.29) is 5.97 Å². The molecule has 0 radical (unpaired) electrons. The maximum atomic E-state index is 11.5. The van der Waals surface area contributed by atoms with Crippen molar-refractivity contribution in [3.05, 3.63) is 119 Å². The Labute approximate surface area is 188 Å². The van der Waals surface area contributed by atoms with Gasteiger partial charge in [-0.15, -0.1) is 0 Å². The van der Waals surface area contributed by atoms with Gasteiger partial charge in [0.1, 0.15) is 11.5 Å². The zero-order chi connectivity index (χ0) is 22.3. The highest BCUT2D eigenvalue weighted by atomic mass is 16.5. The van der Waals surface area contributed by atoms with Crippen LogP contribution in [0.2, 0.25) is 0 Å². The number of hydrogen-bond donors (Lipinski definition) is 0. The lowest BCUT2D eigenvalue weighted by atomic mass is 9.67. The summed E-state index contributed by atoms with van der Waals surface area (Å²) in [5.41, 5.74) is 7.69. The van der Waals surface area contributed by atoms with E-state index in [4.69, 9.17) is 9.47 Å². The topological polar surface area (TPSA) is 35.5 Å². The minimum Gasteiger partial charge on any atom is -0.497 e. The van der Waals surface area contributed by atoms with Crippen LogP contribution < -0.4 is 9.47 Å². The van der Waals surface area contributed by atoms with Crippen LogP contribution in [-0.4, -0.2) is 13.1 Å². The molecule has 4 aromatic carbocycles. The van der Waals surface area contributed by atoms with Crippen LogP contribution >= 0.6 is 0 Å². The van der Waals surface area contributed by atoms with E-state index < -0.39 is 5.41 Å². The second-order valence-electron chi connectivity index (χ2n) is 8.14. The molecule has 0 heterocycles. The van der Waals surface area contributed by atoms with Crippen LogP contribution in [0.5, 0.6) is 11.5 Å². The molecule has 3 nitrogen and oxygen atoms in total. The van der Waals surface area contributed by atoms with E-state index in [1.54, 1.807) is 7.11 Å². The van der Waals surface area contributed by atoms with Crippen LogP contribution in [0.25, 0.3) is 11.1 Å². The van der Waals surface area contributed by atoms with Crippen molar-refractivity contribution in [3.8, 4) is 22.6 Å². The first-order chi connectivity index (χ1) is 15.6. The first-order valence-corrected chi connectivity index (χ1v) is 10.7. The van der Waals surface area contributed by atoms with Gasteiger partial charge in [0.15, 0.2) is 0 Å². The molecule has 0 atom stereocenters. The number of carbonyl (C=O) groups is 1. The zero-order valence-electron chi connectivity index (χ0n) is 18.4. The molecule has 1 aliphatic carbocycles. The standard InChI is InChI=1S/C29H24O3/c1-19-18-22(14-17-28(19)32-20(2)30)29(21-12-15-23(31-3)16-13-21)26-10-6-4-8-24(26)25-9-5-7-11-27(25)29/h4-18H,1-3H3. The molecule has 3 heteroatoms. The molecule has 0 saturated carbocycles. The summed E-state index contributed by atoms with van der Waals surface area (Å²) in [7, 11) is 1.68. The third-order valence-electron chi connectivity index (χ3n) is 6.34. The Balaban J connectivity index is 1.84. The number of esters is 1. The number of aryl methyl sites for hydroxylation is 1. The summed E-state index contributed by atoms with van der Waals surface area (Å²) in [6, 6.07) is 31.6. The Hall–Kier alpha value is -3.85. The lowest BCUT2D eigenvalue weighted by molar-refractivity contribution is -0.131. The number of hydrogen-bond acceptors (Lipinski definition) is 3. The largest absolute Gasteiger partial charge is 0.497 e. The van der Waals surface area contributed by atoms with Crippen LogP contribution in [0.1, 0.15) is 34.7 Å². The summed E-state index contributed by atoms with van der Waals surface area (Å²) in [6.07, 6.45) is 0. The van der Waals surface area contributed by atoms with Gasteiger partial charge in [-0.05, 0) is 64.1 Å². The van der Waals surface area contributed by atoms with E-state index in [9.17, 15) is 4.79 Å². The highest BCUT2D eigenvalue weighted by molar-refractivity contribution is 5.86. The molecule has 0 saturated heterocycles. The van der Waals surface area contributed by atoms with Crippen molar-refractivity contribution in [1.29, 1.82) is 0 Å². The van der Waals surface area contributed by atoms with Crippen molar-refractivity contribution >= 4 is 5.97 Å². The SMILES string of the molecule is COc1ccc(C2(c3ccc(OC(C)=O)c(C)c3)c3ccccc3-c3ccccc32)cc1. The van der Waals surface area contributed by atoms with Gasteiger partial charge in [0.05, 0.1) is 12.5 Å². The second-order valence-corrected chi connectivity index (χ2v) is 8.14. The van der Waals surface area contributed by atoms with Crippen LogP contribution in [-0.2, 0) is 10.2 Å². The highest BCUT2D eigenvalue weighted by Crippen LogP contribution is 2.56. The van der Waals surface area contributed by atoms with Crippen molar-refractivity contribution in [2.75, 3.05) is 7.11 Å². The van der Waals surface area contributed by atoms with Crippen LogP contribution in [0.4, 0.5) is 0 Å². The Morgan fingerprint density at radius 2 is 1.31 bits per heavy atom. The summed E-state index contributed by atoms with van der Waals surface area (Å²) < 4.78 is 10.8. The minimum absolute atomic E-state index is 0.317. The minimum atomic E-state index is -0.487. The Kier molecular flexibility index (Phi) is 4.82. The summed E-state index contributed by atoms with van der Waals surface area (Å²) in [4.78, 5) is 11.5. The Bertz CT molecular complexity index is 1270. The molecule has 0 spiro atoms. The molecule has 0 bridgehead atoms. The van der Waals surface area contributed by atoms with Crippen molar-refractivity contribution in [1.82, 2.24) is 0 Å². The highest BCUT2D eigenvalue weighted by Gasteiger charge is 2.46. The number of fused-ring (bicyclic) bond motifs is 3. The summed E-state index contributed by atoms with van der Waals surface area (Å²) in [5.74, 6) is 1.10. The fraction of sp³-hybridized carbons (Fsp3) is 0.138.